The van der Waals surface area contributed by atoms with E-state index in [-0.39, 0.29) is 0 Å². The van der Waals surface area contributed by atoms with Gasteiger partial charge < -0.3 is 20.5 Å². The minimum absolute atomic E-state index is 0.315. The standard InChI is InChI=1S/C29H38N8.C2H6/c1-3-20(21-16-24(34-27(21)30-2)19-8-5-4-6-9-19)28-35-25-18-32-17-22(23-10-12-33-23)26(25)29(36-28)37-14-7-11-31-13-15-37;1-2/h3,16-19,23,31,33-34H,2,4-15H2,1H3;1-2H3/b20-3+;. The predicted molar refractivity (Wildman–Crippen MR) is 162 cm³/mol. The van der Waals surface area contributed by atoms with Crippen LogP contribution in [0.1, 0.15) is 100 Å². The quantitative estimate of drug-likeness (QED) is 0.338. The highest BCUT2D eigenvalue weighted by molar-refractivity contribution is 5.95. The Labute approximate surface area is 232 Å². The molecule has 3 aliphatic rings. The molecule has 39 heavy (non-hydrogen) atoms. The van der Waals surface area contributed by atoms with Crippen LogP contribution < -0.4 is 15.5 Å². The molecule has 3 fully saturated rings. The summed E-state index contributed by atoms with van der Waals surface area (Å²) in [5, 5.41) is 8.22. The molecular formula is C31H44N8. The largest absolute Gasteiger partial charge is 0.355 e. The lowest BCUT2D eigenvalue weighted by atomic mass is 9.87. The van der Waals surface area contributed by atoms with Crippen LogP contribution in [0.3, 0.4) is 0 Å². The molecule has 0 radical (unpaired) electrons. The number of hydrogen-bond acceptors (Lipinski definition) is 7. The molecule has 1 aliphatic carbocycles. The number of rotatable bonds is 6. The van der Waals surface area contributed by atoms with E-state index in [9.17, 15) is 0 Å². The second-order valence-electron chi connectivity index (χ2n) is 10.6. The Morgan fingerprint density at radius 3 is 2.56 bits per heavy atom. The van der Waals surface area contributed by atoms with E-state index in [1.807, 2.05) is 26.2 Å². The summed E-state index contributed by atoms with van der Waals surface area (Å²) in [7, 11) is 0. The number of H-pyrrole nitrogens is 1. The van der Waals surface area contributed by atoms with Crippen LogP contribution in [0.2, 0.25) is 0 Å². The van der Waals surface area contributed by atoms with Gasteiger partial charge in [0.2, 0.25) is 0 Å². The molecule has 1 unspecified atom stereocenters. The molecule has 0 aromatic carbocycles. The summed E-state index contributed by atoms with van der Waals surface area (Å²) in [6.07, 6.45) is 14.6. The molecule has 2 saturated heterocycles. The average molecular weight is 529 g/mol. The molecule has 8 nitrogen and oxygen atoms in total. The summed E-state index contributed by atoms with van der Waals surface area (Å²) >= 11 is 0. The number of fused-ring (bicyclic) bond motifs is 1. The molecule has 1 saturated carbocycles. The van der Waals surface area contributed by atoms with Crippen molar-refractivity contribution in [3.63, 3.8) is 0 Å². The van der Waals surface area contributed by atoms with Gasteiger partial charge in [-0.2, -0.15) is 0 Å². The van der Waals surface area contributed by atoms with Gasteiger partial charge in [0.05, 0.1) is 17.1 Å². The van der Waals surface area contributed by atoms with Crippen LogP contribution in [0.4, 0.5) is 11.6 Å². The van der Waals surface area contributed by atoms with E-state index in [1.165, 1.54) is 43.4 Å². The minimum atomic E-state index is 0.315. The van der Waals surface area contributed by atoms with E-state index in [4.69, 9.17) is 9.97 Å². The first-order valence-corrected chi connectivity index (χ1v) is 15.0. The lowest BCUT2D eigenvalue weighted by Crippen LogP contribution is -2.36. The topological polar surface area (TPSA) is 94.1 Å². The molecule has 0 amide bonds. The summed E-state index contributed by atoms with van der Waals surface area (Å²) in [5.74, 6) is 3.11. The van der Waals surface area contributed by atoms with Gasteiger partial charge in [-0.15, -0.1) is 0 Å². The number of allylic oxidation sites excluding steroid dienone is 1. The Balaban J connectivity index is 0.00000151. The van der Waals surface area contributed by atoms with Crippen molar-refractivity contribution >= 4 is 34.8 Å². The first kappa shape index (κ1) is 27.5. The highest BCUT2D eigenvalue weighted by atomic mass is 15.2. The fraction of sp³-hybridized carbons (Fsp3) is 0.548. The molecule has 3 N–H and O–H groups in total. The van der Waals surface area contributed by atoms with E-state index in [2.05, 4.69) is 56.3 Å². The van der Waals surface area contributed by atoms with Crippen molar-refractivity contribution in [2.75, 3.05) is 37.6 Å². The smallest absolute Gasteiger partial charge is 0.162 e. The van der Waals surface area contributed by atoms with Gasteiger partial charge in [-0.3, -0.25) is 4.98 Å². The van der Waals surface area contributed by atoms with Gasteiger partial charge in [-0.25, -0.2) is 15.0 Å². The average Bonchev–Trinajstić information content (AvgIpc) is 3.19. The number of aliphatic imine (C=N–C) groups is 1. The summed E-state index contributed by atoms with van der Waals surface area (Å²) in [5.41, 5.74) is 5.39. The van der Waals surface area contributed by atoms with Gasteiger partial charge in [-0.1, -0.05) is 39.2 Å². The van der Waals surface area contributed by atoms with Crippen LogP contribution in [0, 0.1) is 0 Å². The highest BCUT2D eigenvalue weighted by Crippen LogP contribution is 2.40. The van der Waals surface area contributed by atoms with E-state index in [0.29, 0.717) is 12.0 Å². The second kappa shape index (κ2) is 12.8. The molecule has 208 valence electrons. The lowest BCUT2D eigenvalue weighted by molar-refractivity contribution is 0.385. The lowest BCUT2D eigenvalue weighted by Gasteiger charge is -2.31. The van der Waals surface area contributed by atoms with Crippen LogP contribution in [0.15, 0.2) is 29.5 Å². The zero-order valence-electron chi connectivity index (χ0n) is 23.9. The van der Waals surface area contributed by atoms with Crippen molar-refractivity contribution in [3.05, 3.63) is 47.2 Å². The van der Waals surface area contributed by atoms with Crippen molar-refractivity contribution in [3.8, 4) is 0 Å². The van der Waals surface area contributed by atoms with Crippen molar-refractivity contribution in [1.29, 1.82) is 0 Å². The van der Waals surface area contributed by atoms with E-state index in [0.717, 1.165) is 85.1 Å². The molecular weight excluding hydrogens is 484 g/mol. The first-order chi connectivity index (χ1) is 19.3. The molecule has 1 atom stereocenters. The Kier molecular flexibility index (Phi) is 9.04. The zero-order chi connectivity index (χ0) is 27.2. The van der Waals surface area contributed by atoms with Crippen LogP contribution in [0.5, 0.6) is 0 Å². The molecule has 5 heterocycles. The Morgan fingerprint density at radius 2 is 1.85 bits per heavy atom. The maximum absolute atomic E-state index is 5.30. The van der Waals surface area contributed by atoms with Crippen molar-refractivity contribution < 1.29 is 0 Å². The van der Waals surface area contributed by atoms with Gasteiger partial charge in [0.15, 0.2) is 5.82 Å². The van der Waals surface area contributed by atoms with Crippen LogP contribution in [0.25, 0.3) is 16.5 Å². The molecule has 6 rings (SSSR count). The number of pyridine rings is 1. The highest BCUT2D eigenvalue weighted by Gasteiger charge is 2.27. The molecule has 3 aromatic rings. The van der Waals surface area contributed by atoms with Crippen LogP contribution in [-0.2, 0) is 0 Å². The van der Waals surface area contributed by atoms with E-state index >= 15 is 0 Å². The minimum Gasteiger partial charge on any atom is -0.355 e. The second-order valence-corrected chi connectivity index (χ2v) is 10.6. The van der Waals surface area contributed by atoms with Gasteiger partial charge in [0, 0.05) is 54.3 Å². The number of anilines is 1. The number of nitrogens with zero attached hydrogens (tertiary/aromatic N) is 5. The fourth-order valence-corrected chi connectivity index (χ4v) is 6.15. The maximum Gasteiger partial charge on any atom is 0.162 e. The van der Waals surface area contributed by atoms with Crippen molar-refractivity contribution in [2.24, 2.45) is 4.99 Å². The molecule has 0 spiro atoms. The van der Waals surface area contributed by atoms with E-state index < -0.39 is 0 Å². The molecule has 3 aromatic heterocycles. The number of aromatic amines is 1. The summed E-state index contributed by atoms with van der Waals surface area (Å²) < 4.78 is 0. The third-order valence-corrected chi connectivity index (χ3v) is 8.30. The van der Waals surface area contributed by atoms with Crippen molar-refractivity contribution in [2.45, 2.75) is 77.7 Å². The summed E-state index contributed by atoms with van der Waals surface area (Å²) in [4.78, 5) is 25.4. The first-order valence-electron chi connectivity index (χ1n) is 15.0. The van der Waals surface area contributed by atoms with Gasteiger partial charge in [-0.05, 0) is 64.4 Å². The predicted octanol–water partition coefficient (Wildman–Crippen LogP) is 6.04. The normalized spacial score (nSPS) is 20.6. The molecule has 2 aliphatic heterocycles. The van der Waals surface area contributed by atoms with Crippen LogP contribution >= 0.6 is 0 Å². The Bertz CT molecular complexity index is 1290. The van der Waals surface area contributed by atoms with Gasteiger partial charge >= 0.3 is 0 Å². The van der Waals surface area contributed by atoms with Crippen LogP contribution in [-0.4, -0.2) is 59.4 Å². The third kappa shape index (κ3) is 5.63. The van der Waals surface area contributed by atoms with Gasteiger partial charge in [0.1, 0.15) is 11.6 Å². The fourth-order valence-electron chi connectivity index (χ4n) is 6.15. The van der Waals surface area contributed by atoms with E-state index in [1.54, 1.807) is 0 Å². The Hall–Kier alpha value is -3.10. The zero-order valence-corrected chi connectivity index (χ0v) is 23.9. The number of nitrogens with one attached hydrogen (secondary N) is 3. The number of hydrogen-bond donors (Lipinski definition) is 3. The summed E-state index contributed by atoms with van der Waals surface area (Å²) in [6, 6.07) is 2.58. The third-order valence-electron chi connectivity index (χ3n) is 8.30. The number of aromatic nitrogens is 4. The Morgan fingerprint density at radius 1 is 1.03 bits per heavy atom. The SMILES string of the molecule is C=Nc1[nH]c(C2CCCCC2)cc1/C(=C\C)c1nc(N2CCCNCC2)c2c(C3CCN3)cncc2n1.CC. The maximum atomic E-state index is 5.30. The molecule has 8 heteroatoms. The monoisotopic (exact) mass is 528 g/mol. The van der Waals surface area contributed by atoms with Crippen molar-refractivity contribution in [1.82, 2.24) is 30.6 Å². The molecule has 0 bridgehead atoms. The van der Waals surface area contributed by atoms with Gasteiger partial charge in [0.25, 0.3) is 0 Å². The summed E-state index contributed by atoms with van der Waals surface area (Å²) in [6.45, 7) is 14.9.